The Bertz CT molecular complexity index is 1310. The zero-order valence-corrected chi connectivity index (χ0v) is 33.7. The summed E-state index contributed by atoms with van der Waals surface area (Å²) in [6.45, 7) is 9.73. The first-order chi connectivity index (χ1) is 23.9. The molecule has 1 aliphatic rings. The average molecular weight is 776 g/mol. The molecular weight excluding hydrogens is 712 g/mol. The second-order valence-corrected chi connectivity index (χ2v) is 16.9. The van der Waals surface area contributed by atoms with Gasteiger partial charge in [-0.25, -0.2) is 4.98 Å². The molecule has 0 unspecified atom stereocenters. The summed E-state index contributed by atoms with van der Waals surface area (Å²) in [7, 11) is 0. The van der Waals surface area contributed by atoms with E-state index in [0.29, 0.717) is 6.42 Å². The summed E-state index contributed by atoms with van der Waals surface area (Å²) in [4.78, 5) is 47.4. The molecule has 0 radical (unpaired) electrons. The Morgan fingerprint density at radius 2 is 1.44 bits per heavy atom. The van der Waals surface area contributed by atoms with Crippen LogP contribution in [0.3, 0.4) is 0 Å². The predicted molar refractivity (Wildman–Crippen MR) is 209 cm³/mol. The van der Waals surface area contributed by atoms with Crippen LogP contribution in [0.4, 0.5) is 0 Å². The van der Waals surface area contributed by atoms with Gasteiger partial charge in [0.2, 0.25) is 17.7 Å². The molecule has 10 heteroatoms. The Morgan fingerprint density at radius 3 is 1.94 bits per heavy atom. The number of amides is 3. The van der Waals surface area contributed by atoms with Crippen LogP contribution in [-0.2, 0) is 14.4 Å². The highest BCUT2D eigenvalue weighted by molar-refractivity contribution is 9.09. The third-order valence-electron chi connectivity index (χ3n) is 9.85. The predicted octanol–water partition coefficient (Wildman–Crippen LogP) is 9.03. The van der Waals surface area contributed by atoms with E-state index in [1.807, 2.05) is 64.4 Å². The molecule has 0 spiro atoms. The van der Waals surface area contributed by atoms with Crippen LogP contribution in [0.1, 0.15) is 148 Å². The quantitative estimate of drug-likeness (QED) is 0.0817. The maximum atomic E-state index is 13.9. The van der Waals surface area contributed by atoms with Crippen LogP contribution in [-0.4, -0.2) is 62.8 Å². The van der Waals surface area contributed by atoms with E-state index in [0.717, 1.165) is 46.3 Å². The maximum absolute atomic E-state index is 13.9. The zero-order chi connectivity index (χ0) is 36.5. The third kappa shape index (κ3) is 14.0. The van der Waals surface area contributed by atoms with Crippen molar-refractivity contribution in [3.8, 4) is 10.4 Å². The van der Waals surface area contributed by atoms with Gasteiger partial charge < -0.3 is 20.6 Å². The lowest BCUT2D eigenvalue weighted by molar-refractivity contribution is -0.144. The minimum atomic E-state index is -0.810. The van der Waals surface area contributed by atoms with Crippen LogP contribution in [0.25, 0.3) is 10.4 Å². The topological polar surface area (TPSA) is 112 Å². The molecule has 2 aromatic rings. The standard InChI is InChI=1S/C40H63BrN4O4S/c1-29(31-21-23-32(24-22-31)36-30(2)42-28-50-36)43-38(48)34-26-33(46)27-45(34)39(49)37(40(3,4)5)44-35(47)20-18-16-14-12-10-8-6-7-9-11-13-15-17-19-25-41/h21-24,28-29,33-34,37,46H,6-20,25-27H2,1-5H3,(H,43,48)(H,44,47)/t29-,33+,34-,37+/m0/s1. The number of hydrogen-bond donors (Lipinski definition) is 3. The number of aromatic nitrogens is 1. The minimum Gasteiger partial charge on any atom is -0.391 e. The van der Waals surface area contributed by atoms with Crippen molar-refractivity contribution in [2.75, 3.05) is 11.9 Å². The average Bonchev–Trinajstić information content (AvgIpc) is 3.69. The van der Waals surface area contributed by atoms with Gasteiger partial charge in [-0.1, -0.05) is 138 Å². The van der Waals surface area contributed by atoms with Crippen LogP contribution >= 0.6 is 27.3 Å². The number of thiazole rings is 1. The van der Waals surface area contributed by atoms with Crippen LogP contribution in [0.15, 0.2) is 29.8 Å². The fourth-order valence-electron chi connectivity index (χ4n) is 6.75. The Hall–Kier alpha value is -2.30. The normalized spacial score (nSPS) is 17.5. The summed E-state index contributed by atoms with van der Waals surface area (Å²) < 4.78 is 0. The van der Waals surface area contributed by atoms with Crippen molar-refractivity contribution in [3.05, 3.63) is 41.0 Å². The molecule has 1 saturated heterocycles. The van der Waals surface area contributed by atoms with E-state index < -0.39 is 23.6 Å². The summed E-state index contributed by atoms with van der Waals surface area (Å²) in [5, 5.41) is 17.7. The number of nitrogens with one attached hydrogen (secondary N) is 2. The lowest BCUT2D eigenvalue weighted by Gasteiger charge is -2.35. The van der Waals surface area contributed by atoms with E-state index in [9.17, 15) is 19.5 Å². The van der Waals surface area contributed by atoms with Gasteiger partial charge in [0.05, 0.1) is 28.2 Å². The highest BCUT2D eigenvalue weighted by Crippen LogP contribution is 2.30. The van der Waals surface area contributed by atoms with Crippen LogP contribution in [0.5, 0.6) is 0 Å². The van der Waals surface area contributed by atoms with Gasteiger partial charge in [0.15, 0.2) is 0 Å². The van der Waals surface area contributed by atoms with E-state index in [2.05, 4.69) is 31.5 Å². The molecule has 1 aromatic carbocycles. The maximum Gasteiger partial charge on any atom is 0.246 e. The molecule has 1 fully saturated rings. The van der Waals surface area contributed by atoms with E-state index in [-0.39, 0.29) is 36.7 Å². The van der Waals surface area contributed by atoms with Crippen molar-refractivity contribution in [3.63, 3.8) is 0 Å². The first kappa shape index (κ1) is 42.1. The lowest BCUT2D eigenvalue weighted by Crippen LogP contribution is -2.57. The molecule has 3 N–H and O–H groups in total. The van der Waals surface area contributed by atoms with Crippen LogP contribution < -0.4 is 10.6 Å². The number of aryl methyl sites for hydroxylation is 1. The highest BCUT2D eigenvalue weighted by atomic mass is 79.9. The number of aliphatic hydroxyl groups is 1. The largest absolute Gasteiger partial charge is 0.391 e. The van der Waals surface area contributed by atoms with Crippen LogP contribution in [0, 0.1) is 12.3 Å². The molecule has 1 aromatic heterocycles. The number of rotatable bonds is 22. The van der Waals surface area contributed by atoms with Gasteiger partial charge in [-0.15, -0.1) is 11.3 Å². The summed E-state index contributed by atoms with van der Waals surface area (Å²) >= 11 is 5.09. The van der Waals surface area contributed by atoms with E-state index in [1.54, 1.807) is 11.3 Å². The van der Waals surface area contributed by atoms with Crippen molar-refractivity contribution in [2.24, 2.45) is 5.41 Å². The number of hydrogen-bond acceptors (Lipinski definition) is 6. The molecule has 0 aliphatic carbocycles. The number of likely N-dealkylation sites (tertiary alicyclic amines) is 1. The number of nitrogens with zero attached hydrogens (tertiary/aromatic N) is 2. The number of aliphatic hydroxyl groups excluding tert-OH is 1. The number of carbonyl (C=O) groups excluding carboxylic acids is 3. The number of unbranched alkanes of at least 4 members (excludes halogenated alkanes) is 13. The van der Waals surface area contributed by atoms with Crippen molar-refractivity contribution >= 4 is 45.0 Å². The summed E-state index contributed by atoms with van der Waals surface area (Å²) in [5.74, 6) is -0.772. The second kappa shape index (κ2) is 21.9. The fourth-order valence-corrected chi connectivity index (χ4v) is 7.96. The van der Waals surface area contributed by atoms with Gasteiger partial charge in [0.1, 0.15) is 12.1 Å². The first-order valence-electron chi connectivity index (χ1n) is 19.1. The molecule has 0 bridgehead atoms. The number of β-amino-alcohol motifs (C(OH)–C–C–N with tert-alkyl or cyclic N) is 1. The van der Waals surface area contributed by atoms with E-state index in [1.165, 1.54) is 75.5 Å². The minimum absolute atomic E-state index is 0.0638. The van der Waals surface area contributed by atoms with Gasteiger partial charge in [0.25, 0.3) is 0 Å². The Kier molecular flexibility index (Phi) is 18.5. The van der Waals surface area contributed by atoms with E-state index in [4.69, 9.17) is 0 Å². The lowest BCUT2D eigenvalue weighted by atomic mass is 9.85. The molecular formula is C40H63BrN4O4S. The van der Waals surface area contributed by atoms with Gasteiger partial charge in [-0.3, -0.25) is 14.4 Å². The molecule has 3 rings (SSSR count). The summed E-state index contributed by atoms with van der Waals surface area (Å²) in [6, 6.07) is 6.15. The highest BCUT2D eigenvalue weighted by Gasteiger charge is 2.44. The first-order valence-corrected chi connectivity index (χ1v) is 21.1. The SMILES string of the molecule is Cc1ncsc1-c1ccc([C@H](C)NC(=O)[C@@H]2C[C@@H](O)CN2C(=O)[C@@H](NC(=O)CCCCCCCCCCCCCCCCBr)C(C)(C)C)cc1. The van der Waals surface area contributed by atoms with Crippen molar-refractivity contribution < 1.29 is 19.5 Å². The Morgan fingerprint density at radius 1 is 0.900 bits per heavy atom. The zero-order valence-electron chi connectivity index (χ0n) is 31.3. The monoisotopic (exact) mass is 774 g/mol. The number of alkyl halides is 1. The molecule has 50 heavy (non-hydrogen) atoms. The summed E-state index contributed by atoms with van der Waals surface area (Å²) in [5.41, 5.74) is 4.28. The second-order valence-electron chi connectivity index (χ2n) is 15.3. The smallest absolute Gasteiger partial charge is 0.246 e. The van der Waals surface area contributed by atoms with Crippen molar-refractivity contribution in [2.45, 2.75) is 162 Å². The number of halogens is 1. The summed E-state index contributed by atoms with van der Waals surface area (Å²) in [6.07, 6.45) is 17.2. The van der Waals surface area contributed by atoms with Crippen LogP contribution in [0.2, 0.25) is 0 Å². The molecule has 0 saturated carbocycles. The molecule has 1 aliphatic heterocycles. The number of benzene rings is 1. The van der Waals surface area contributed by atoms with Crippen molar-refractivity contribution in [1.29, 1.82) is 0 Å². The van der Waals surface area contributed by atoms with Gasteiger partial charge in [-0.05, 0) is 43.2 Å². The fraction of sp³-hybridized carbons (Fsp3) is 0.700. The van der Waals surface area contributed by atoms with Gasteiger partial charge in [0, 0.05) is 24.7 Å². The van der Waals surface area contributed by atoms with E-state index >= 15 is 0 Å². The van der Waals surface area contributed by atoms with Gasteiger partial charge in [-0.2, -0.15) is 0 Å². The molecule has 2 heterocycles. The molecule has 8 nitrogen and oxygen atoms in total. The molecule has 4 atom stereocenters. The molecule has 280 valence electrons. The Labute approximate surface area is 314 Å². The Balaban J connectivity index is 1.41. The van der Waals surface area contributed by atoms with Gasteiger partial charge >= 0.3 is 0 Å². The molecule has 3 amide bonds. The van der Waals surface area contributed by atoms with Crippen molar-refractivity contribution in [1.82, 2.24) is 20.5 Å². The number of carbonyl (C=O) groups is 3. The third-order valence-corrected chi connectivity index (χ3v) is 11.4.